The normalized spacial score (nSPS) is 11.4. The summed E-state index contributed by atoms with van der Waals surface area (Å²) >= 11 is 13.1. The van der Waals surface area contributed by atoms with Gasteiger partial charge in [-0.15, -0.1) is 0 Å². The van der Waals surface area contributed by atoms with Crippen LogP contribution in [0.25, 0.3) is 0 Å². The molecule has 0 spiro atoms. The number of ketones is 1. The number of carbonyl (C=O) groups excluding carboxylic acids is 2. The van der Waals surface area contributed by atoms with Gasteiger partial charge in [-0.25, -0.2) is 13.1 Å². The number of hydrogen-bond donors (Lipinski definition) is 1. The number of amides is 1. The molecular formula is C24H20Br2ClNO4S. The molecule has 0 atom stereocenters. The van der Waals surface area contributed by atoms with Crippen LogP contribution in [0.4, 0.5) is 0 Å². The highest BCUT2D eigenvalue weighted by atomic mass is 79.9. The number of halogens is 3. The summed E-state index contributed by atoms with van der Waals surface area (Å²) in [5.74, 6) is -1.66. The van der Waals surface area contributed by atoms with E-state index in [1.165, 1.54) is 25.1 Å². The molecule has 0 aliphatic heterocycles. The van der Waals surface area contributed by atoms with E-state index >= 15 is 0 Å². The molecule has 33 heavy (non-hydrogen) atoms. The van der Waals surface area contributed by atoms with Crippen molar-refractivity contribution in [1.82, 2.24) is 4.72 Å². The molecule has 0 unspecified atom stereocenters. The first-order valence-corrected chi connectivity index (χ1v) is 13.4. The molecule has 0 aromatic heterocycles. The molecule has 1 amide bonds. The van der Waals surface area contributed by atoms with E-state index in [9.17, 15) is 18.0 Å². The number of nitrogens with one attached hydrogen (secondary N) is 1. The van der Waals surface area contributed by atoms with E-state index in [4.69, 9.17) is 11.6 Å². The van der Waals surface area contributed by atoms with Crippen LogP contribution < -0.4 is 4.72 Å². The lowest BCUT2D eigenvalue weighted by molar-refractivity contribution is -0.123. The summed E-state index contributed by atoms with van der Waals surface area (Å²) in [7, 11) is -4.30. The fourth-order valence-electron chi connectivity index (χ4n) is 3.32. The zero-order valence-corrected chi connectivity index (χ0v) is 22.3. The Kier molecular flexibility index (Phi) is 8.50. The molecule has 0 radical (unpaired) electrons. The summed E-state index contributed by atoms with van der Waals surface area (Å²) in [5, 5.41) is -0.0755. The Bertz CT molecular complexity index is 1260. The highest BCUT2D eigenvalue weighted by molar-refractivity contribution is 9.10. The Morgan fingerprint density at radius 1 is 0.909 bits per heavy atom. The molecule has 9 heteroatoms. The minimum Gasteiger partial charge on any atom is -0.295 e. The third kappa shape index (κ3) is 6.53. The Morgan fingerprint density at radius 3 is 1.91 bits per heavy atom. The van der Waals surface area contributed by atoms with Gasteiger partial charge in [0, 0.05) is 20.4 Å². The van der Waals surface area contributed by atoms with Gasteiger partial charge >= 0.3 is 0 Å². The molecule has 0 saturated heterocycles. The summed E-state index contributed by atoms with van der Waals surface area (Å²) in [5.41, 5.74) is 1.93. The highest BCUT2D eigenvalue weighted by Crippen LogP contribution is 2.27. The Labute approximate surface area is 214 Å². The minimum absolute atomic E-state index is 0.0755. The second-order valence-electron chi connectivity index (χ2n) is 7.46. The van der Waals surface area contributed by atoms with E-state index in [1.54, 1.807) is 0 Å². The fourth-order valence-corrected chi connectivity index (χ4v) is 5.78. The van der Waals surface area contributed by atoms with Gasteiger partial charge in [0.05, 0.1) is 5.02 Å². The van der Waals surface area contributed by atoms with E-state index in [2.05, 4.69) is 36.6 Å². The van der Waals surface area contributed by atoms with Gasteiger partial charge in [0.25, 0.3) is 10.0 Å². The zero-order chi connectivity index (χ0) is 24.2. The number of hydrogen-bond acceptors (Lipinski definition) is 4. The molecule has 0 aliphatic rings. The predicted octanol–water partition coefficient (Wildman–Crippen LogP) is 5.97. The Morgan fingerprint density at radius 2 is 1.42 bits per heavy atom. The SMILES string of the molecule is CC(=O)c1ccc(Cl)c(S(=O)(=O)NC(=O)C(Cc2ccccc2Br)Cc2ccccc2Br)c1. The van der Waals surface area contributed by atoms with Gasteiger partial charge in [-0.1, -0.05) is 79.9 Å². The Hall–Kier alpha value is -2.00. The van der Waals surface area contributed by atoms with Crippen LogP contribution in [0.15, 0.2) is 80.6 Å². The molecule has 0 heterocycles. The van der Waals surface area contributed by atoms with Crippen LogP contribution in [0, 0.1) is 5.92 Å². The van der Waals surface area contributed by atoms with Crippen molar-refractivity contribution in [3.8, 4) is 0 Å². The van der Waals surface area contributed by atoms with E-state index in [-0.39, 0.29) is 21.3 Å². The summed E-state index contributed by atoms with van der Waals surface area (Å²) in [6.45, 7) is 1.32. The third-order valence-corrected chi connectivity index (χ3v) is 8.46. The van der Waals surface area contributed by atoms with Gasteiger partial charge in [0.1, 0.15) is 4.90 Å². The fraction of sp³-hybridized carbons (Fsp3) is 0.167. The lowest BCUT2D eigenvalue weighted by Crippen LogP contribution is -2.37. The smallest absolute Gasteiger partial charge is 0.265 e. The van der Waals surface area contributed by atoms with Gasteiger partial charge in [0.15, 0.2) is 5.78 Å². The second-order valence-corrected chi connectivity index (χ2v) is 11.2. The van der Waals surface area contributed by atoms with E-state index < -0.39 is 21.8 Å². The molecule has 1 N–H and O–H groups in total. The first-order valence-electron chi connectivity index (χ1n) is 9.92. The molecular weight excluding hydrogens is 594 g/mol. The topological polar surface area (TPSA) is 80.3 Å². The van der Waals surface area contributed by atoms with Gasteiger partial charge in [-0.3, -0.25) is 9.59 Å². The van der Waals surface area contributed by atoms with Gasteiger partial charge < -0.3 is 0 Å². The maximum atomic E-state index is 13.3. The summed E-state index contributed by atoms with van der Waals surface area (Å²) < 4.78 is 29.9. The van der Waals surface area contributed by atoms with Crippen molar-refractivity contribution in [2.24, 2.45) is 5.92 Å². The number of sulfonamides is 1. The third-order valence-electron chi connectivity index (χ3n) is 5.08. The summed E-state index contributed by atoms with van der Waals surface area (Å²) in [4.78, 5) is 24.7. The van der Waals surface area contributed by atoms with Crippen molar-refractivity contribution < 1.29 is 18.0 Å². The minimum atomic E-state index is -4.30. The van der Waals surface area contributed by atoms with Crippen LogP contribution in [-0.4, -0.2) is 20.1 Å². The first kappa shape index (κ1) is 25.6. The number of rotatable bonds is 8. The van der Waals surface area contributed by atoms with Gasteiger partial charge in [0.2, 0.25) is 5.91 Å². The van der Waals surface area contributed by atoms with Crippen LogP contribution in [0.1, 0.15) is 28.4 Å². The maximum Gasteiger partial charge on any atom is 0.265 e. The molecule has 0 saturated carbocycles. The average molecular weight is 614 g/mol. The molecule has 3 aromatic rings. The van der Waals surface area contributed by atoms with Crippen LogP contribution >= 0.6 is 43.5 Å². The van der Waals surface area contributed by atoms with Crippen molar-refractivity contribution in [3.63, 3.8) is 0 Å². The largest absolute Gasteiger partial charge is 0.295 e. The quantitative estimate of drug-likeness (QED) is 0.318. The monoisotopic (exact) mass is 611 g/mol. The van der Waals surface area contributed by atoms with Crippen molar-refractivity contribution in [2.75, 3.05) is 0 Å². The van der Waals surface area contributed by atoms with E-state index in [0.29, 0.717) is 12.8 Å². The van der Waals surface area contributed by atoms with Crippen LogP contribution in [0.5, 0.6) is 0 Å². The molecule has 0 bridgehead atoms. The lowest BCUT2D eigenvalue weighted by Gasteiger charge is -2.19. The highest BCUT2D eigenvalue weighted by Gasteiger charge is 2.28. The van der Waals surface area contributed by atoms with Crippen molar-refractivity contribution in [2.45, 2.75) is 24.7 Å². The molecule has 5 nitrogen and oxygen atoms in total. The lowest BCUT2D eigenvalue weighted by atomic mass is 9.92. The second kappa shape index (κ2) is 11.0. The first-order chi connectivity index (χ1) is 15.6. The molecule has 3 rings (SSSR count). The van der Waals surface area contributed by atoms with Crippen molar-refractivity contribution in [1.29, 1.82) is 0 Å². The number of Topliss-reactive ketones (excluding diaryl/α,β-unsaturated/α-hetero) is 1. The van der Waals surface area contributed by atoms with Crippen molar-refractivity contribution in [3.05, 3.63) is 97.4 Å². The maximum absolute atomic E-state index is 13.3. The average Bonchev–Trinajstić information content (AvgIpc) is 2.75. The van der Waals surface area contributed by atoms with Crippen LogP contribution in [0.3, 0.4) is 0 Å². The molecule has 172 valence electrons. The van der Waals surface area contributed by atoms with Gasteiger partial charge in [-0.05, 0) is 61.2 Å². The standard InChI is InChI=1S/C24H20Br2ClNO4S/c1-15(29)16-10-11-22(27)23(14-16)33(31,32)28-24(30)19(12-17-6-2-4-8-20(17)25)13-18-7-3-5-9-21(18)26/h2-11,14,19H,12-13H2,1H3,(H,28,30). The van der Waals surface area contributed by atoms with Crippen LogP contribution in [0.2, 0.25) is 5.02 Å². The zero-order valence-electron chi connectivity index (χ0n) is 17.5. The summed E-state index contributed by atoms with van der Waals surface area (Å²) in [6.07, 6.45) is 0.622. The van der Waals surface area contributed by atoms with E-state index in [0.717, 1.165) is 20.1 Å². The van der Waals surface area contributed by atoms with Crippen molar-refractivity contribution >= 4 is 65.2 Å². The number of benzene rings is 3. The van der Waals surface area contributed by atoms with E-state index in [1.807, 2.05) is 48.5 Å². The van der Waals surface area contributed by atoms with Crippen LogP contribution in [-0.2, 0) is 27.7 Å². The predicted molar refractivity (Wildman–Crippen MR) is 136 cm³/mol. The summed E-state index contributed by atoms with van der Waals surface area (Å²) in [6, 6.07) is 18.9. The molecule has 0 fully saturated rings. The molecule has 0 aliphatic carbocycles. The Balaban J connectivity index is 1.94. The van der Waals surface area contributed by atoms with Gasteiger partial charge in [-0.2, -0.15) is 0 Å². The number of carbonyl (C=O) groups is 2. The molecule has 3 aromatic carbocycles.